The van der Waals surface area contributed by atoms with E-state index in [0.29, 0.717) is 11.6 Å². The van der Waals surface area contributed by atoms with Gasteiger partial charge in [-0.15, -0.1) is 17.7 Å². The van der Waals surface area contributed by atoms with Gasteiger partial charge >= 0.3 is 130 Å². The summed E-state index contributed by atoms with van der Waals surface area (Å²) in [7, 11) is 0. The van der Waals surface area contributed by atoms with Crippen LogP contribution in [-0.2, 0) is 31.9 Å². The molecule has 9 heteroatoms. The number of nitrogens with zero attached hydrogens (tertiary/aromatic N) is 5. The summed E-state index contributed by atoms with van der Waals surface area (Å²) in [6.45, 7) is 21.5. The van der Waals surface area contributed by atoms with Crippen molar-refractivity contribution in [3.05, 3.63) is 130 Å². The second-order valence-electron chi connectivity index (χ2n) is 18.3. The Kier molecular flexibility index (Phi) is 12.6. The van der Waals surface area contributed by atoms with E-state index in [4.69, 9.17) is 14.4 Å². The van der Waals surface area contributed by atoms with Crippen LogP contribution in [-0.4, -0.2) is 37.8 Å². The number of hydrogen-bond acceptors (Lipinski definition) is 5. The van der Waals surface area contributed by atoms with Crippen LogP contribution in [0, 0.1) is 58.5 Å². The van der Waals surface area contributed by atoms with Gasteiger partial charge in [-0.05, 0) is 57.0 Å². The van der Waals surface area contributed by atoms with Crippen molar-refractivity contribution in [1.82, 2.24) is 24.5 Å². The van der Waals surface area contributed by atoms with E-state index in [-0.39, 0.29) is 31.3 Å². The third kappa shape index (κ3) is 9.01. The summed E-state index contributed by atoms with van der Waals surface area (Å²) in [6.07, 6.45) is 4.92. The first kappa shape index (κ1) is 44.1. The molecule has 8 aromatic rings. The van der Waals surface area contributed by atoms with Crippen LogP contribution in [0.3, 0.4) is 0 Å². The van der Waals surface area contributed by atoms with Crippen LogP contribution in [0.25, 0.3) is 61.4 Å². The van der Waals surface area contributed by atoms with Crippen molar-refractivity contribution in [2.45, 2.75) is 98.3 Å². The molecule has 3 aromatic carbocycles. The molecule has 5 heterocycles. The molecule has 0 spiro atoms. The molecule has 1 radical (unpaired) electrons. The molecule has 307 valence electrons. The molecule has 8 rings (SSSR count). The third-order valence-corrected chi connectivity index (χ3v) is 14.9. The topological polar surface area (TPSA) is 69.6 Å². The van der Waals surface area contributed by atoms with E-state index in [1.54, 1.807) is 6.07 Å². The summed E-state index contributed by atoms with van der Waals surface area (Å²) >= 11 is -1.95. The maximum absolute atomic E-state index is 13.4. The Balaban J connectivity index is 0.000000227. The van der Waals surface area contributed by atoms with Gasteiger partial charge in [0.1, 0.15) is 0 Å². The molecule has 0 saturated heterocycles. The fourth-order valence-corrected chi connectivity index (χ4v) is 11.3. The van der Waals surface area contributed by atoms with Crippen LogP contribution < -0.4 is 4.40 Å². The van der Waals surface area contributed by atoms with E-state index < -0.39 is 13.3 Å². The normalized spacial score (nSPS) is 12.0. The summed E-state index contributed by atoms with van der Waals surface area (Å²) in [5.74, 6) is 8.30. The van der Waals surface area contributed by atoms with Gasteiger partial charge in [-0.3, -0.25) is 9.97 Å². The number of fused-ring (bicyclic) bond motifs is 4. The standard InChI is InChI=1S/C32H31N4O.C18H23FGeN.Ir/c1-17-13-19(3)28(20(4)14-17)36-25-15-21(5)33-16-24(25)34-30(36)23-10-9-18(2)27-22-11-12-26(32(6,7)8)35-31(22)37-29(23)27;1-13(2)9-15-11-18(14-7-6-8-16(19)10-14)21-12-17(15)20(3,4)5;/h9,11-16H,1-8H3;6,8,10-13H,9H2,1-5H3;/q2*-1;. The average Bonchev–Trinajstić information content (AvgIpc) is 3.69. The number of aromatic nitrogens is 5. The summed E-state index contributed by atoms with van der Waals surface area (Å²) < 4.78 is 23.6. The summed E-state index contributed by atoms with van der Waals surface area (Å²) in [5, 5.41) is 2.07. The van der Waals surface area contributed by atoms with Gasteiger partial charge in [0.25, 0.3) is 0 Å². The number of halogens is 1. The smallest absolute Gasteiger partial charge is 0.216 e. The first-order valence-electron chi connectivity index (χ1n) is 20.2. The second kappa shape index (κ2) is 16.9. The monoisotopic (exact) mass is 1030 g/mol. The molecule has 0 unspecified atom stereocenters. The Morgan fingerprint density at radius 1 is 0.847 bits per heavy atom. The largest absolute Gasteiger partial charge is 0.486 e. The Bertz CT molecular complexity index is 2820. The van der Waals surface area contributed by atoms with Crippen molar-refractivity contribution in [3.8, 4) is 28.3 Å². The van der Waals surface area contributed by atoms with E-state index in [2.05, 4.69) is 143 Å². The number of hydrogen-bond donors (Lipinski definition) is 0. The summed E-state index contributed by atoms with van der Waals surface area (Å²) in [5.41, 5.74) is 14.7. The van der Waals surface area contributed by atoms with Crippen LogP contribution in [0.2, 0.25) is 17.3 Å². The van der Waals surface area contributed by atoms with E-state index in [1.165, 1.54) is 38.8 Å². The molecule has 5 aromatic heterocycles. The zero-order valence-electron chi connectivity index (χ0n) is 36.6. The first-order chi connectivity index (χ1) is 27.3. The minimum Gasteiger partial charge on any atom is -0.486 e. The van der Waals surface area contributed by atoms with Gasteiger partial charge in [0.05, 0.1) is 28.6 Å². The van der Waals surface area contributed by atoms with Crippen molar-refractivity contribution < 1.29 is 28.9 Å². The van der Waals surface area contributed by atoms with E-state index in [1.807, 2.05) is 25.4 Å². The van der Waals surface area contributed by atoms with Gasteiger partial charge < -0.3 is 8.98 Å². The molecule has 0 aliphatic rings. The predicted octanol–water partition coefficient (Wildman–Crippen LogP) is 12.5. The SMILES string of the molecule is CC(C)Cc1cc(-c2[c-]ccc(F)c2)nc[c]1[Ge]([CH3])([CH3])[CH3].Cc1cc(C)c(-n2c(-c3[c-]cc(C)c4c3oc3nc(C(C)(C)C)ccc34)nc3cnc(C)cc32)c(C)c1.[Ir]. The zero-order chi connectivity index (χ0) is 41.8. The Morgan fingerprint density at radius 3 is 2.20 bits per heavy atom. The maximum atomic E-state index is 13.4. The fourth-order valence-electron chi connectivity index (χ4n) is 7.96. The van der Waals surface area contributed by atoms with Crippen LogP contribution in [0.15, 0.2) is 77.5 Å². The molecule has 0 atom stereocenters. The van der Waals surface area contributed by atoms with Crippen molar-refractivity contribution in [2.24, 2.45) is 5.92 Å². The molecule has 0 aliphatic heterocycles. The number of rotatable bonds is 6. The van der Waals surface area contributed by atoms with Crippen LogP contribution in [0.5, 0.6) is 0 Å². The maximum Gasteiger partial charge on any atom is 0.216 e. The van der Waals surface area contributed by atoms with Crippen molar-refractivity contribution in [3.63, 3.8) is 0 Å². The van der Waals surface area contributed by atoms with Gasteiger partial charge in [0.15, 0.2) is 0 Å². The van der Waals surface area contributed by atoms with Crippen molar-refractivity contribution >= 4 is 50.8 Å². The van der Waals surface area contributed by atoms with Crippen LogP contribution >= 0.6 is 0 Å². The van der Waals surface area contributed by atoms with E-state index >= 15 is 0 Å². The average molecular weight is 1020 g/mol. The quantitative estimate of drug-likeness (QED) is 0.123. The minimum atomic E-state index is -1.95. The second-order valence-corrected chi connectivity index (χ2v) is 28.9. The van der Waals surface area contributed by atoms with Gasteiger partial charge in [0, 0.05) is 48.0 Å². The van der Waals surface area contributed by atoms with Crippen molar-refractivity contribution in [2.75, 3.05) is 0 Å². The van der Waals surface area contributed by atoms with Crippen LogP contribution in [0.4, 0.5) is 4.39 Å². The Morgan fingerprint density at radius 2 is 1.56 bits per heavy atom. The molecule has 0 saturated carbocycles. The van der Waals surface area contributed by atoms with E-state index in [0.717, 1.165) is 79.1 Å². The van der Waals surface area contributed by atoms with Crippen LogP contribution in [0.1, 0.15) is 73.8 Å². The number of aryl methyl sites for hydroxylation is 5. The molecule has 0 amide bonds. The molecule has 59 heavy (non-hydrogen) atoms. The summed E-state index contributed by atoms with van der Waals surface area (Å²) in [4.78, 5) is 19.1. The molecule has 0 fully saturated rings. The molecule has 0 bridgehead atoms. The molecular weight excluding hydrogens is 970 g/mol. The van der Waals surface area contributed by atoms with Gasteiger partial charge in [-0.25, -0.2) is 4.98 Å². The van der Waals surface area contributed by atoms with Gasteiger partial charge in [0.2, 0.25) is 5.71 Å². The molecular formula is C50H54FGeIrN5O-2. The fraction of sp³-hybridized carbons (Fsp3) is 0.320. The third-order valence-electron chi connectivity index (χ3n) is 10.6. The number of pyridine rings is 3. The predicted molar refractivity (Wildman–Crippen MR) is 241 cm³/mol. The first-order valence-corrected chi connectivity index (χ1v) is 27.5. The van der Waals surface area contributed by atoms with E-state index in [9.17, 15) is 4.39 Å². The zero-order valence-corrected chi connectivity index (χ0v) is 41.1. The number of furan rings is 1. The molecule has 6 nitrogen and oxygen atoms in total. The Hall–Kier alpha value is -4.50. The Labute approximate surface area is 364 Å². The molecule has 0 aliphatic carbocycles. The molecule has 0 N–H and O–H groups in total. The van der Waals surface area contributed by atoms with Gasteiger partial charge in [-0.2, -0.15) is 0 Å². The van der Waals surface area contributed by atoms with Crippen molar-refractivity contribution in [1.29, 1.82) is 0 Å². The number of benzene rings is 3. The van der Waals surface area contributed by atoms with Gasteiger partial charge in [-0.1, -0.05) is 56.3 Å². The minimum absolute atomic E-state index is 0. The number of imidazole rings is 1. The summed E-state index contributed by atoms with van der Waals surface area (Å²) in [6, 6.07) is 26.1.